The number of hydrogen-bond donors (Lipinski definition) is 3. The molecule has 4 heteroatoms. The van der Waals surface area contributed by atoms with E-state index in [0.29, 0.717) is 11.4 Å². The van der Waals surface area contributed by atoms with Crippen LogP contribution in [-0.4, -0.2) is 5.91 Å². The lowest BCUT2D eigenvalue weighted by Crippen LogP contribution is -2.13. The quantitative estimate of drug-likeness (QED) is 0.782. The smallest absolute Gasteiger partial charge is 0.256 e. The van der Waals surface area contributed by atoms with E-state index in [1.54, 1.807) is 6.07 Å². The van der Waals surface area contributed by atoms with Crippen molar-refractivity contribution in [2.24, 2.45) is 5.73 Å². The van der Waals surface area contributed by atoms with Gasteiger partial charge in [0.25, 0.3) is 5.91 Å². The normalized spacial score (nSPS) is 12.7. The number of nitrogens with two attached hydrogens (primary N) is 1. The van der Waals surface area contributed by atoms with Crippen molar-refractivity contribution in [3.63, 3.8) is 0 Å². The molecule has 3 rings (SSSR count). The minimum atomic E-state index is -0.101. The van der Waals surface area contributed by atoms with Crippen LogP contribution in [0.3, 0.4) is 0 Å². The first-order chi connectivity index (χ1) is 9.63. The summed E-state index contributed by atoms with van der Waals surface area (Å²) in [5, 5.41) is 5.86. The number of anilines is 2. The van der Waals surface area contributed by atoms with Gasteiger partial charge in [-0.05, 0) is 29.3 Å². The Morgan fingerprint density at radius 3 is 2.80 bits per heavy atom. The first-order valence-electron chi connectivity index (χ1n) is 6.37. The average molecular weight is 265 g/mol. The van der Waals surface area contributed by atoms with Gasteiger partial charge in [-0.15, -0.1) is 0 Å². The molecule has 4 nitrogen and oxygen atoms in total. The third kappa shape index (κ3) is 2.23. The highest BCUT2D eigenvalue weighted by atomic mass is 16.1. The van der Waals surface area contributed by atoms with Crippen LogP contribution in [0, 0.1) is 0 Å². The van der Waals surface area contributed by atoms with E-state index in [2.05, 4.69) is 17.2 Å². The summed E-state index contributed by atoms with van der Waals surface area (Å²) in [6.45, 7) is 3.60. The van der Waals surface area contributed by atoms with Crippen LogP contribution >= 0.6 is 0 Å². The zero-order chi connectivity index (χ0) is 14.1. The van der Waals surface area contributed by atoms with Gasteiger partial charge in [-0.1, -0.05) is 30.8 Å². The van der Waals surface area contributed by atoms with E-state index in [1.807, 2.05) is 36.4 Å². The molecule has 0 unspecified atom stereocenters. The standard InChI is InChI=1S/C16H15N3O/c1-10(17)18-13-7-6-11-8-12-4-2-3-5-15(12)19-16(20)14(11)9-13/h2-7,9,18H,1,8,17H2,(H,19,20). The SMILES string of the molecule is C=C(N)Nc1ccc2c(c1)C(=O)Nc1ccccc1C2. The van der Waals surface area contributed by atoms with Gasteiger partial charge in [-0.3, -0.25) is 4.79 Å². The number of rotatable bonds is 2. The van der Waals surface area contributed by atoms with Gasteiger partial charge in [0.1, 0.15) is 0 Å². The van der Waals surface area contributed by atoms with Crippen LogP contribution in [0.5, 0.6) is 0 Å². The number of nitrogens with one attached hydrogen (secondary N) is 2. The first kappa shape index (κ1) is 12.3. The predicted molar refractivity (Wildman–Crippen MR) is 80.6 cm³/mol. The monoisotopic (exact) mass is 265 g/mol. The fraction of sp³-hybridized carbons (Fsp3) is 0.0625. The summed E-state index contributed by atoms with van der Waals surface area (Å²) in [4.78, 5) is 12.3. The number of fused-ring (bicyclic) bond motifs is 2. The number of carbonyl (C=O) groups is 1. The molecule has 0 spiro atoms. The lowest BCUT2D eigenvalue weighted by Gasteiger charge is -2.09. The molecule has 0 saturated carbocycles. The maximum atomic E-state index is 12.3. The fourth-order valence-electron chi connectivity index (χ4n) is 2.40. The molecule has 0 bridgehead atoms. The van der Waals surface area contributed by atoms with Crippen LogP contribution < -0.4 is 16.4 Å². The maximum Gasteiger partial charge on any atom is 0.256 e. The van der Waals surface area contributed by atoms with E-state index in [9.17, 15) is 4.79 Å². The number of carbonyl (C=O) groups excluding carboxylic acids is 1. The van der Waals surface area contributed by atoms with Gasteiger partial charge >= 0.3 is 0 Å². The second kappa shape index (κ2) is 4.74. The summed E-state index contributed by atoms with van der Waals surface area (Å²) in [5.41, 5.74) is 9.93. The molecule has 0 atom stereocenters. The van der Waals surface area contributed by atoms with Crippen LogP contribution in [0.4, 0.5) is 11.4 Å². The molecule has 0 aromatic heterocycles. The van der Waals surface area contributed by atoms with Crippen molar-refractivity contribution < 1.29 is 4.79 Å². The molecule has 1 aliphatic rings. The predicted octanol–water partition coefficient (Wildman–Crippen LogP) is 2.68. The number of para-hydroxylation sites is 1. The Hall–Kier alpha value is -2.75. The van der Waals surface area contributed by atoms with Gasteiger partial charge in [0.15, 0.2) is 0 Å². The lowest BCUT2D eigenvalue weighted by molar-refractivity contribution is 0.102. The topological polar surface area (TPSA) is 67.1 Å². The number of hydrogen-bond acceptors (Lipinski definition) is 3. The van der Waals surface area contributed by atoms with Gasteiger partial charge in [0, 0.05) is 23.4 Å². The average Bonchev–Trinajstić information content (AvgIpc) is 2.54. The Kier molecular flexibility index (Phi) is 2.91. The lowest BCUT2D eigenvalue weighted by atomic mass is 10.00. The third-order valence-corrected chi connectivity index (χ3v) is 3.31. The molecule has 0 saturated heterocycles. The van der Waals surface area contributed by atoms with Crippen molar-refractivity contribution in [3.8, 4) is 0 Å². The minimum absolute atomic E-state index is 0.101. The zero-order valence-electron chi connectivity index (χ0n) is 10.9. The molecule has 1 aliphatic heterocycles. The summed E-state index contributed by atoms with van der Waals surface area (Å²) in [5.74, 6) is 0.249. The van der Waals surface area contributed by atoms with Crippen molar-refractivity contribution in [2.75, 3.05) is 10.6 Å². The van der Waals surface area contributed by atoms with Crippen molar-refractivity contribution >= 4 is 17.3 Å². The highest BCUT2D eigenvalue weighted by molar-refractivity contribution is 6.07. The maximum absolute atomic E-state index is 12.3. The van der Waals surface area contributed by atoms with Crippen molar-refractivity contribution in [1.82, 2.24) is 0 Å². The summed E-state index contributed by atoms with van der Waals surface area (Å²) in [7, 11) is 0. The Morgan fingerprint density at radius 1 is 1.20 bits per heavy atom. The van der Waals surface area contributed by atoms with Crippen molar-refractivity contribution in [3.05, 3.63) is 71.6 Å². The van der Waals surface area contributed by atoms with Crippen LogP contribution in [0.1, 0.15) is 21.5 Å². The number of benzene rings is 2. The van der Waals surface area contributed by atoms with Gasteiger partial charge in [-0.2, -0.15) is 0 Å². The second-order valence-electron chi connectivity index (χ2n) is 4.81. The Labute approximate surface area is 117 Å². The van der Waals surface area contributed by atoms with E-state index in [0.717, 1.165) is 28.9 Å². The molecule has 0 fully saturated rings. The Balaban J connectivity index is 2.04. The first-order valence-corrected chi connectivity index (χ1v) is 6.37. The Bertz CT molecular complexity index is 707. The highest BCUT2D eigenvalue weighted by Crippen LogP contribution is 2.27. The Morgan fingerprint density at radius 2 is 2.00 bits per heavy atom. The second-order valence-corrected chi connectivity index (χ2v) is 4.81. The van der Waals surface area contributed by atoms with E-state index < -0.39 is 0 Å². The molecule has 1 amide bonds. The van der Waals surface area contributed by atoms with Crippen LogP contribution in [0.2, 0.25) is 0 Å². The van der Waals surface area contributed by atoms with Crippen LogP contribution in [0.15, 0.2) is 54.9 Å². The summed E-state index contributed by atoms with van der Waals surface area (Å²) < 4.78 is 0. The minimum Gasteiger partial charge on any atom is -0.386 e. The van der Waals surface area contributed by atoms with Crippen LogP contribution in [-0.2, 0) is 6.42 Å². The summed E-state index contributed by atoms with van der Waals surface area (Å²) >= 11 is 0. The van der Waals surface area contributed by atoms with E-state index in [1.165, 1.54) is 0 Å². The van der Waals surface area contributed by atoms with Gasteiger partial charge in [0.05, 0.1) is 5.82 Å². The molecule has 0 radical (unpaired) electrons. The molecule has 100 valence electrons. The molecule has 4 N–H and O–H groups in total. The molecule has 20 heavy (non-hydrogen) atoms. The molecule has 2 aromatic carbocycles. The fourth-order valence-corrected chi connectivity index (χ4v) is 2.40. The molecular formula is C16H15N3O. The number of amides is 1. The molecule has 0 aliphatic carbocycles. The molecule has 1 heterocycles. The highest BCUT2D eigenvalue weighted by Gasteiger charge is 2.19. The molecule has 2 aromatic rings. The van der Waals surface area contributed by atoms with Gasteiger partial charge < -0.3 is 16.4 Å². The van der Waals surface area contributed by atoms with E-state index >= 15 is 0 Å². The third-order valence-electron chi connectivity index (χ3n) is 3.31. The molecular weight excluding hydrogens is 250 g/mol. The van der Waals surface area contributed by atoms with Crippen molar-refractivity contribution in [2.45, 2.75) is 6.42 Å². The summed E-state index contributed by atoms with van der Waals surface area (Å²) in [6, 6.07) is 13.5. The van der Waals surface area contributed by atoms with Crippen LogP contribution in [0.25, 0.3) is 0 Å². The van der Waals surface area contributed by atoms with Crippen molar-refractivity contribution in [1.29, 1.82) is 0 Å². The zero-order valence-corrected chi connectivity index (χ0v) is 10.9. The van der Waals surface area contributed by atoms with Gasteiger partial charge in [-0.25, -0.2) is 0 Å². The summed E-state index contributed by atoms with van der Waals surface area (Å²) in [6.07, 6.45) is 0.730. The van der Waals surface area contributed by atoms with Gasteiger partial charge in [0.2, 0.25) is 0 Å². The largest absolute Gasteiger partial charge is 0.386 e. The van der Waals surface area contributed by atoms with E-state index in [-0.39, 0.29) is 5.91 Å². The van der Waals surface area contributed by atoms with E-state index in [4.69, 9.17) is 5.73 Å².